The summed E-state index contributed by atoms with van der Waals surface area (Å²) >= 11 is 0. The van der Waals surface area contributed by atoms with E-state index in [1.165, 1.54) is 16.7 Å². The fourth-order valence-corrected chi connectivity index (χ4v) is 2.56. The van der Waals surface area contributed by atoms with Crippen molar-refractivity contribution in [1.29, 1.82) is 0 Å². The minimum atomic E-state index is 0.329. The van der Waals surface area contributed by atoms with Crippen molar-refractivity contribution < 1.29 is 4.74 Å². The third kappa shape index (κ3) is 3.85. The van der Waals surface area contributed by atoms with Gasteiger partial charge in [-0.25, -0.2) is 0 Å². The van der Waals surface area contributed by atoms with Crippen molar-refractivity contribution in [3.8, 4) is 16.9 Å². The Morgan fingerprint density at radius 2 is 1.62 bits per heavy atom. The molecule has 2 heteroatoms. The molecule has 1 unspecified atom stereocenters. The summed E-state index contributed by atoms with van der Waals surface area (Å²) in [7, 11) is 0. The van der Waals surface area contributed by atoms with Crippen LogP contribution < -0.4 is 10.1 Å². The van der Waals surface area contributed by atoms with E-state index in [0.29, 0.717) is 12.6 Å². The topological polar surface area (TPSA) is 21.3 Å². The van der Waals surface area contributed by atoms with Crippen molar-refractivity contribution in [2.75, 3.05) is 13.2 Å². The molecule has 0 radical (unpaired) electrons. The summed E-state index contributed by atoms with van der Waals surface area (Å²) in [5.74, 6) is 0.954. The third-order valence-corrected chi connectivity index (χ3v) is 3.60. The van der Waals surface area contributed by atoms with E-state index < -0.39 is 0 Å². The quantitative estimate of drug-likeness (QED) is 0.787. The van der Waals surface area contributed by atoms with Gasteiger partial charge in [-0.05, 0) is 44.0 Å². The van der Waals surface area contributed by atoms with Crippen LogP contribution in [-0.4, -0.2) is 13.2 Å². The molecule has 0 spiro atoms. The Morgan fingerprint density at radius 3 is 2.33 bits per heavy atom. The summed E-state index contributed by atoms with van der Waals surface area (Å²) in [4.78, 5) is 0. The van der Waals surface area contributed by atoms with Crippen LogP contribution in [0.5, 0.6) is 5.75 Å². The summed E-state index contributed by atoms with van der Waals surface area (Å²) < 4.78 is 5.79. The maximum absolute atomic E-state index is 5.79. The normalized spacial score (nSPS) is 12.1. The fraction of sp³-hybridized carbons (Fsp3) is 0.368. The second-order valence-electron chi connectivity index (χ2n) is 5.19. The molecule has 2 aromatic rings. The summed E-state index contributed by atoms with van der Waals surface area (Å²) in [6, 6.07) is 17.2. The SMILES string of the molecule is CCCNC(C)c1ccccc1-c1ccccc1OCC. The van der Waals surface area contributed by atoms with Crippen molar-refractivity contribution in [1.82, 2.24) is 5.32 Å². The molecule has 2 rings (SSSR count). The highest BCUT2D eigenvalue weighted by Gasteiger charge is 2.13. The average molecular weight is 283 g/mol. The molecule has 0 aliphatic carbocycles. The zero-order valence-electron chi connectivity index (χ0n) is 13.2. The van der Waals surface area contributed by atoms with Gasteiger partial charge >= 0.3 is 0 Å². The smallest absolute Gasteiger partial charge is 0.127 e. The minimum absolute atomic E-state index is 0.329. The van der Waals surface area contributed by atoms with Gasteiger partial charge in [-0.1, -0.05) is 49.4 Å². The van der Waals surface area contributed by atoms with Crippen LogP contribution in [0.25, 0.3) is 11.1 Å². The van der Waals surface area contributed by atoms with Gasteiger partial charge in [0.1, 0.15) is 5.75 Å². The molecular weight excluding hydrogens is 258 g/mol. The van der Waals surface area contributed by atoms with E-state index in [1.807, 2.05) is 19.1 Å². The van der Waals surface area contributed by atoms with Gasteiger partial charge in [0.15, 0.2) is 0 Å². The second kappa shape index (κ2) is 7.84. The highest BCUT2D eigenvalue weighted by Crippen LogP contribution is 2.34. The molecule has 0 bridgehead atoms. The van der Waals surface area contributed by atoms with Crippen molar-refractivity contribution in [2.24, 2.45) is 0 Å². The number of ether oxygens (including phenoxy) is 1. The predicted molar refractivity (Wildman–Crippen MR) is 89.8 cm³/mol. The van der Waals surface area contributed by atoms with E-state index in [1.54, 1.807) is 0 Å². The highest BCUT2D eigenvalue weighted by atomic mass is 16.5. The van der Waals surface area contributed by atoms with Crippen molar-refractivity contribution >= 4 is 0 Å². The van der Waals surface area contributed by atoms with Crippen LogP contribution in [-0.2, 0) is 0 Å². The molecule has 0 saturated carbocycles. The monoisotopic (exact) mass is 283 g/mol. The van der Waals surface area contributed by atoms with Crippen molar-refractivity contribution in [2.45, 2.75) is 33.2 Å². The Morgan fingerprint density at radius 1 is 0.952 bits per heavy atom. The molecular formula is C19H25NO. The van der Waals surface area contributed by atoms with Gasteiger partial charge < -0.3 is 10.1 Å². The zero-order valence-corrected chi connectivity index (χ0v) is 13.2. The predicted octanol–water partition coefficient (Wildman–Crippen LogP) is 4.81. The van der Waals surface area contributed by atoms with Gasteiger partial charge in [0.2, 0.25) is 0 Å². The molecule has 1 N–H and O–H groups in total. The first-order chi connectivity index (χ1) is 10.3. The fourth-order valence-electron chi connectivity index (χ4n) is 2.56. The van der Waals surface area contributed by atoms with E-state index in [9.17, 15) is 0 Å². The molecule has 0 fully saturated rings. The molecule has 2 nitrogen and oxygen atoms in total. The Balaban J connectivity index is 2.40. The molecule has 0 aliphatic rings. The molecule has 0 saturated heterocycles. The van der Waals surface area contributed by atoms with Gasteiger partial charge in [0, 0.05) is 11.6 Å². The number of hydrogen-bond acceptors (Lipinski definition) is 2. The van der Waals surface area contributed by atoms with Gasteiger partial charge in [0.25, 0.3) is 0 Å². The van der Waals surface area contributed by atoms with Crippen LogP contribution in [0.2, 0.25) is 0 Å². The molecule has 0 aromatic heterocycles. The summed E-state index contributed by atoms with van der Waals surface area (Å²) in [6.45, 7) is 8.15. The van der Waals surface area contributed by atoms with Crippen molar-refractivity contribution in [3.63, 3.8) is 0 Å². The van der Waals surface area contributed by atoms with E-state index in [4.69, 9.17) is 4.74 Å². The molecule has 0 aliphatic heterocycles. The largest absolute Gasteiger partial charge is 0.493 e. The lowest BCUT2D eigenvalue weighted by Gasteiger charge is -2.19. The number of hydrogen-bond donors (Lipinski definition) is 1. The van der Waals surface area contributed by atoms with Crippen LogP contribution in [0.3, 0.4) is 0 Å². The van der Waals surface area contributed by atoms with E-state index in [0.717, 1.165) is 18.7 Å². The average Bonchev–Trinajstić information content (AvgIpc) is 2.53. The molecule has 21 heavy (non-hydrogen) atoms. The second-order valence-corrected chi connectivity index (χ2v) is 5.19. The zero-order chi connectivity index (χ0) is 15.1. The summed E-state index contributed by atoms with van der Waals surface area (Å²) in [6.07, 6.45) is 1.14. The summed E-state index contributed by atoms with van der Waals surface area (Å²) in [5.41, 5.74) is 3.73. The Bertz CT molecular complexity index is 565. The van der Waals surface area contributed by atoms with Crippen LogP contribution in [0, 0.1) is 0 Å². The maximum Gasteiger partial charge on any atom is 0.127 e. The Labute approximate surface area is 128 Å². The van der Waals surface area contributed by atoms with E-state index in [-0.39, 0.29) is 0 Å². The molecule has 0 heterocycles. The lowest BCUT2D eigenvalue weighted by Crippen LogP contribution is -2.19. The van der Waals surface area contributed by atoms with E-state index >= 15 is 0 Å². The van der Waals surface area contributed by atoms with E-state index in [2.05, 4.69) is 55.6 Å². The van der Waals surface area contributed by atoms with Crippen LogP contribution in [0.4, 0.5) is 0 Å². The lowest BCUT2D eigenvalue weighted by molar-refractivity contribution is 0.341. The first kappa shape index (κ1) is 15.6. The number of rotatable bonds is 7. The number of para-hydroxylation sites is 1. The van der Waals surface area contributed by atoms with Crippen LogP contribution in [0.1, 0.15) is 38.8 Å². The van der Waals surface area contributed by atoms with Gasteiger partial charge in [-0.3, -0.25) is 0 Å². The molecule has 1 atom stereocenters. The first-order valence-corrected chi connectivity index (χ1v) is 7.82. The third-order valence-electron chi connectivity index (χ3n) is 3.60. The highest BCUT2D eigenvalue weighted by molar-refractivity contribution is 5.73. The Kier molecular flexibility index (Phi) is 5.82. The molecule has 0 amide bonds. The maximum atomic E-state index is 5.79. The Hall–Kier alpha value is -1.80. The minimum Gasteiger partial charge on any atom is -0.493 e. The molecule has 2 aromatic carbocycles. The van der Waals surface area contributed by atoms with Crippen LogP contribution >= 0.6 is 0 Å². The first-order valence-electron chi connectivity index (χ1n) is 7.82. The standard InChI is InChI=1S/C19H25NO/c1-4-14-20-15(3)16-10-6-7-11-17(16)18-12-8-9-13-19(18)21-5-2/h6-13,15,20H,4-5,14H2,1-3H3. The summed E-state index contributed by atoms with van der Waals surface area (Å²) in [5, 5.41) is 3.57. The van der Waals surface area contributed by atoms with Crippen molar-refractivity contribution in [3.05, 3.63) is 54.1 Å². The number of benzene rings is 2. The van der Waals surface area contributed by atoms with Crippen LogP contribution in [0.15, 0.2) is 48.5 Å². The lowest BCUT2D eigenvalue weighted by atomic mass is 9.95. The van der Waals surface area contributed by atoms with Gasteiger partial charge in [-0.2, -0.15) is 0 Å². The van der Waals surface area contributed by atoms with Gasteiger partial charge in [-0.15, -0.1) is 0 Å². The van der Waals surface area contributed by atoms with Gasteiger partial charge in [0.05, 0.1) is 6.61 Å². The number of nitrogens with one attached hydrogen (secondary N) is 1. The molecule has 112 valence electrons.